The summed E-state index contributed by atoms with van der Waals surface area (Å²) in [6.45, 7) is 2.51. The van der Waals surface area contributed by atoms with Gasteiger partial charge < -0.3 is 0 Å². The van der Waals surface area contributed by atoms with Gasteiger partial charge in [-0.2, -0.15) is 0 Å². The molecule has 0 amide bonds. The summed E-state index contributed by atoms with van der Waals surface area (Å²) in [6, 6.07) is 0. The highest BCUT2D eigenvalue weighted by Gasteiger charge is 2.67. The Morgan fingerprint density at radius 1 is 1.22 bits per heavy atom. The van der Waals surface area contributed by atoms with Crippen molar-refractivity contribution in [1.82, 2.24) is 0 Å². The summed E-state index contributed by atoms with van der Waals surface area (Å²) in [7, 11) is 0. The van der Waals surface area contributed by atoms with Crippen molar-refractivity contribution in [3.05, 3.63) is 0 Å². The predicted octanol–water partition coefficient (Wildman–Crippen LogP) is 2.44. The highest BCUT2D eigenvalue weighted by molar-refractivity contribution is 5.16. The van der Waals surface area contributed by atoms with Gasteiger partial charge in [-0.25, -0.2) is 0 Å². The van der Waals surface area contributed by atoms with Gasteiger partial charge in [-0.3, -0.25) is 0 Å². The first kappa shape index (κ1) is 4.76. The molecule has 9 heavy (non-hydrogen) atoms. The SMILES string of the molecule is CC12CCC3CC1C2C3. The maximum Gasteiger partial charge on any atom is -0.0263 e. The van der Waals surface area contributed by atoms with Crippen LogP contribution in [0.1, 0.15) is 32.6 Å². The van der Waals surface area contributed by atoms with E-state index in [4.69, 9.17) is 0 Å². The Hall–Kier alpha value is 0. The van der Waals surface area contributed by atoms with Gasteiger partial charge in [0, 0.05) is 0 Å². The highest BCUT2D eigenvalue weighted by Crippen LogP contribution is 2.74. The fourth-order valence-electron chi connectivity index (χ4n) is 3.57. The van der Waals surface area contributed by atoms with E-state index in [1.165, 1.54) is 17.8 Å². The summed E-state index contributed by atoms with van der Waals surface area (Å²) < 4.78 is 0. The zero-order chi connectivity index (χ0) is 6.06. The zero-order valence-electron chi connectivity index (χ0n) is 6.06. The predicted molar refractivity (Wildman–Crippen MR) is 37.0 cm³/mol. The van der Waals surface area contributed by atoms with Gasteiger partial charge in [0.1, 0.15) is 0 Å². The van der Waals surface area contributed by atoms with Gasteiger partial charge in [0.05, 0.1) is 0 Å². The second-order valence-corrected chi connectivity index (χ2v) is 4.59. The van der Waals surface area contributed by atoms with Gasteiger partial charge in [0.25, 0.3) is 0 Å². The molecule has 0 radical (unpaired) electrons. The summed E-state index contributed by atoms with van der Waals surface area (Å²) in [5, 5.41) is 0. The lowest BCUT2D eigenvalue weighted by Gasteiger charge is -2.27. The lowest BCUT2D eigenvalue weighted by Crippen LogP contribution is -2.17. The fraction of sp³-hybridized carbons (Fsp3) is 1.00. The molecule has 0 N–H and O–H groups in total. The molecule has 4 aliphatic carbocycles. The van der Waals surface area contributed by atoms with Crippen LogP contribution < -0.4 is 0 Å². The van der Waals surface area contributed by atoms with Gasteiger partial charge in [-0.1, -0.05) is 6.92 Å². The van der Waals surface area contributed by atoms with Crippen LogP contribution in [0, 0.1) is 23.2 Å². The number of rotatable bonds is 0. The van der Waals surface area contributed by atoms with Crippen molar-refractivity contribution in [1.29, 1.82) is 0 Å². The monoisotopic (exact) mass is 122 g/mol. The van der Waals surface area contributed by atoms with E-state index in [2.05, 4.69) is 6.92 Å². The number of fused-ring (bicyclic) bond motifs is 1. The maximum atomic E-state index is 2.51. The first-order chi connectivity index (χ1) is 4.31. The Kier molecular flexibility index (Phi) is 0.574. The van der Waals surface area contributed by atoms with Crippen LogP contribution in [0.3, 0.4) is 0 Å². The molecule has 0 aromatic rings. The van der Waals surface area contributed by atoms with Crippen LogP contribution in [0.2, 0.25) is 0 Å². The van der Waals surface area contributed by atoms with E-state index in [1.807, 2.05) is 0 Å². The molecule has 0 heterocycles. The van der Waals surface area contributed by atoms with Gasteiger partial charge in [-0.15, -0.1) is 0 Å². The van der Waals surface area contributed by atoms with Crippen molar-refractivity contribution in [2.24, 2.45) is 23.2 Å². The molecule has 4 saturated carbocycles. The third-order valence-corrected chi connectivity index (χ3v) is 4.34. The number of hydrogen-bond donors (Lipinski definition) is 0. The van der Waals surface area contributed by atoms with E-state index >= 15 is 0 Å². The van der Waals surface area contributed by atoms with Crippen LogP contribution in [0.5, 0.6) is 0 Å². The molecule has 4 rings (SSSR count). The fourth-order valence-corrected chi connectivity index (χ4v) is 3.57. The quantitative estimate of drug-likeness (QED) is 0.463. The van der Waals surface area contributed by atoms with Crippen molar-refractivity contribution >= 4 is 0 Å². The average molecular weight is 122 g/mol. The maximum absolute atomic E-state index is 2.51. The largest absolute Gasteiger partial charge is 0.0591 e. The Labute approximate surface area is 56.6 Å². The molecule has 4 fully saturated rings. The molecule has 0 heteroatoms. The van der Waals surface area contributed by atoms with Crippen molar-refractivity contribution in [3.8, 4) is 0 Å². The zero-order valence-corrected chi connectivity index (χ0v) is 6.06. The minimum absolute atomic E-state index is 0.870. The molecule has 50 valence electrons. The first-order valence-electron chi connectivity index (χ1n) is 4.31. The molecule has 0 aromatic carbocycles. The van der Waals surface area contributed by atoms with E-state index in [1.54, 1.807) is 25.7 Å². The molecule has 0 aromatic heterocycles. The number of hydrogen-bond acceptors (Lipinski definition) is 0. The molecule has 0 spiro atoms. The van der Waals surface area contributed by atoms with Gasteiger partial charge in [-0.05, 0) is 48.9 Å². The van der Waals surface area contributed by atoms with E-state index in [0.29, 0.717) is 0 Å². The second-order valence-electron chi connectivity index (χ2n) is 4.59. The van der Waals surface area contributed by atoms with Crippen LogP contribution in [0.15, 0.2) is 0 Å². The van der Waals surface area contributed by atoms with Crippen molar-refractivity contribution in [2.45, 2.75) is 32.6 Å². The van der Waals surface area contributed by atoms with Gasteiger partial charge >= 0.3 is 0 Å². The van der Waals surface area contributed by atoms with E-state index in [9.17, 15) is 0 Å². The van der Waals surface area contributed by atoms with Crippen LogP contribution in [-0.4, -0.2) is 0 Å². The van der Waals surface area contributed by atoms with Crippen molar-refractivity contribution in [2.75, 3.05) is 0 Å². The Bertz CT molecular complexity index is 147. The molecule has 0 nitrogen and oxygen atoms in total. The molecule has 4 aliphatic rings. The minimum Gasteiger partial charge on any atom is -0.0591 e. The third kappa shape index (κ3) is 0.367. The van der Waals surface area contributed by atoms with E-state index in [-0.39, 0.29) is 0 Å². The van der Waals surface area contributed by atoms with Crippen LogP contribution in [0.4, 0.5) is 0 Å². The summed E-state index contributed by atoms with van der Waals surface area (Å²) in [5.41, 5.74) is 0.870. The normalized spacial score (nSPS) is 68.3. The van der Waals surface area contributed by atoms with E-state index < -0.39 is 0 Å². The van der Waals surface area contributed by atoms with Crippen LogP contribution in [0.25, 0.3) is 0 Å². The summed E-state index contributed by atoms with van der Waals surface area (Å²) in [6.07, 6.45) is 6.32. The molecule has 2 atom stereocenters. The van der Waals surface area contributed by atoms with Crippen LogP contribution in [-0.2, 0) is 0 Å². The van der Waals surface area contributed by atoms with Crippen molar-refractivity contribution in [3.63, 3.8) is 0 Å². The molecule has 0 aliphatic heterocycles. The molecule has 2 unspecified atom stereocenters. The Balaban J connectivity index is 2.01. The first-order valence-corrected chi connectivity index (χ1v) is 4.31. The Morgan fingerprint density at radius 2 is 1.89 bits per heavy atom. The highest BCUT2D eigenvalue weighted by atomic mass is 14.7. The molecule has 0 saturated heterocycles. The minimum atomic E-state index is 0.870. The topological polar surface area (TPSA) is 0 Å². The van der Waals surface area contributed by atoms with Gasteiger partial charge in [0.2, 0.25) is 0 Å². The molecular formula is C9H14. The summed E-state index contributed by atoms with van der Waals surface area (Å²) in [5.74, 6) is 3.55. The third-order valence-electron chi connectivity index (χ3n) is 4.34. The van der Waals surface area contributed by atoms with Crippen LogP contribution >= 0.6 is 0 Å². The average Bonchev–Trinajstić information content (AvgIpc) is 2.33. The summed E-state index contributed by atoms with van der Waals surface area (Å²) >= 11 is 0. The lowest BCUT2D eigenvalue weighted by molar-refractivity contribution is 0.232. The van der Waals surface area contributed by atoms with Gasteiger partial charge in [0.15, 0.2) is 0 Å². The van der Waals surface area contributed by atoms with Crippen molar-refractivity contribution < 1.29 is 0 Å². The van der Waals surface area contributed by atoms with E-state index in [0.717, 1.165) is 5.41 Å². The second kappa shape index (κ2) is 1.09. The molecule has 4 bridgehead atoms. The molecular weight excluding hydrogens is 108 g/mol. The lowest BCUT2D eigenvalue weighted by atomic mass is 9.78. The Morgan fingerprint density at radius 3 is 2.22 bits per heavy atom. The smallest absolute Gasteiger partial charge is 0.0263 e. The standard InChI is InChI=1S/C9H14/c1-9-3-2-6-4-7(9)8(9)5-6/h6-8H,2-5H2,1H3. The summed E-state index contributed by atoms with van der Waals surface area (Å²) in [4.78, 5) is 0.